The minimum Gasteiger partial charge on any atom is -0.0801 e. The van der Waals surface area contributed by atoms with Gasteiger partial charge < -0.3 is 0 Å². The maximum atomic E-state index is 2.31. The molecule has 96 valence electrons. The lowest BCUT2D eigenvalue weighted by molar-refractivity contribution is 1.44. The van der Waals surface area contributed by atoms with Crippen molar-refractivity contribution in [3.63, 3.8) is 0 Å². The highest BCUT2D eigenvalue weighted by atomic mass is 14.1. The standard InChI is InChI=1S/C20H16/c1-14-11-12-19-17-8-4-2-3-7-15(17)16-9-5-6-10-18(16)20(19)13-14/h3-13H,2H2,1H3. The molecule has 0 heteroatoms. The number of hydrogen-bond acceptors (Lipinski definition) is 0. The minimum atomic E-state index is 1.01. The predicted molar refractivity (Wildman–Crippen MR) is 88.9 cm³/mol. The van der Waals surface area contributed by atoms with Gasteiger partial charge in [-0.2, -0.15) is 0 Å². The summed E-state index contributed by atoms with van der Waals surface area (Å²) in [6.07, 6.45) is 10.1. The summed E-state index contributed by atoms with van der Waals surface area (Å²) < 4.78 is 0. The van der Waals surface area contributed by atoms with Crippen LogP contribution in [-0.2, 0) is 0 Å². The molecule has 0 bridgehead atoms. The Morgan fingerprint density at radius 2 is 1.35 bits per heavy atom. The first-order valence-corrected chi connectivity index (χ1v) is 7.13. The number of aryl methyl sites for hydroxylation is 1. The van der Waals surface area contributed by atoms with E-state index >= 15 is 0 Å². The zero-order valence-electron chi connectivity index (χ0n) is 11.6. The van der Waals surface area contributed by atoms with Crippen LogP contribution in [-0.4, -0.2) is 0 Å². The monoisotopic (exact) mass is 256 g/mol. The summed E-state index contributed by atoms with van der Waals surface area (Å²) in [7, 11) is 0. The summed E-state index contributed by atoms with van der Waals surface area (Å²) in [6.45, 7) is 2.16. The molecule has 0 heterocycles. The molecule has 0 saturated heterocycles. The van der Waals surface area contributed by atoms with Crippen molar-refractivity contribution < 1.29 is 0 Å². The number of hydrogen-bond donors (Lipinski definition) is 0. The van der Waals surface area contributed by atoms with Crippen molar-refractivity contribution in [1.82, 2.24) is 0 Å². The zero-order valence-corrected chi connectivity index (χ0v) is 11.6. The quantitative estimate of drug-likeness (QED) is 0.450. The second-order valence-corrected chi connectivity index (χ2v) is 5.46. The van der Waals surface area contributed by atoms with Crippen molar-refractivity contribution in [2.24, 2.45) is 0 Å². The molecule has 4 rings (SSSR count). The van der Waals surface area contributed by atoms with Crippen LogP contribution >= 0.6 is 0 Å². The Bertz CT molecular complexity index is 879. The molecule has 0 aliphatic heterocycles. The molecule has 0 nitrogen and oxygen atoms in total. The Morgan fingerprint density at radius 1 is 0.700 bits per heavy atom. The molecule has 0 spiro atoms. The van der Waals surface area contributed by atoms with Gasteiger partial charge in [0.2, 0.25) is 0 Å². The molecule has 0 N–H and O–H groups in total. The maximum Gasteiger partial charge on any atom is -0.00963 e. The lowest BCUT2D eigenvalue weighted by Gasteiger charge is -2.13. The molecule has 1 aliphatic carbocycles. The van der Waals surface area contributed by atoms with Gasteiger partial charge in [-0.3, -0.25) is 0 Å². The van der Waals surface area contributed by atoms with E-state index in [4.69, 9.17) is 0 Å². The summed E-state index contributed by atoms with van der Waals surface area (Å²) in [5.74, 6) is 0. The molecule has 0 unspecified atom stereocenters. The van der Waals surface area contributed by atoms with Crippen LogP contribution in [0.5, 0.6) is 0 Å². The van der Waals surface area contributed by atoms with Gasteiger partial charge in [-0.05, 0) is 46.0 Å². The van der Waals surface area contributed by atoms with Crippen LogP contribution in [0.15, 0.2) is 54.6 Å². The molecule has 0 fully saturated rings. The highest BCUT2D eigenvalue weighted by molar-refractivity contribution is 6.15. The summed E-state index contributed by atoms with van der Waals surface area (Å²) in [6, 6.07) is 15.5. The Balaban J connectivity index is 2.32. The van der Waals surface area contributed by atoms with E-state index in [-0.39, 0.29) is 0 Å². The number of allylic oxidation sites excluding steroid dienone is 2. The minimum absolute atomic E-state index is 1.01. The smallest absolute Gasteiger partial charge is 0.00963 e. The van der Waals surface area contributed by atoms with Crippen molar-refractivity contribution in [2.45, 2.75) is 13.3 Å². The molecule has 0 atom stereocenters. The molecular weight excluding hydrogens is 240 g/mol. The fourth-order valence-electron chi connectivity index (χ4n) is 3.17. The van der Waals surface area contributed by atoms with Crippen LogP contribution in [0.3, 0.4) is 0 Å². The Morgan fingerprint density at radius 3 is 2.10 bits per heavy atom. The van der Waals surface area contributed by atoms with E-state index in [2.05, 4.69) is 73.7 Å². The van der Waals surface area contributed by atoms with Gasteiger partial charge in [0, 0.05) is 0 Å². The second kappa shape index (κ2) is 4.35. The van der Waals surface area contributed by atoms with Gasteiger partial charge in [0.05, 0.1) is 0 Å². The average Bonchev–Trinajstić information content (AvgIpc) is 2.73. The largest absolute Gasteiger partial charge is 0.0801 e. The summed E-state index contributed by atoms with van der Waals surface area (Å²) >= 11 is 0. The van der Waals surface area contributed by atoms with E-state index in [1.807, 2.05) is 0 Å². The van der Waals surface area contributed by atoms with Gasteiger partial charge in [-0.15, -0.1) is 0 Å². The van der Waals surface area contributed by atoms with Gasteiger partial charge in [0.15, 0.2) is 0 Å². The molecule has 1 aliphatic rings. The number of benzene rings is 3. The van der Waals surface area contributed by atoms with Crippen LogP contribution in [0.1, 0.15) is 23.1 Å². The molecule has 3 aromatic rings. The Kier molecular flexibility index (Phi) is 2.50. The Labute approximate surface area is 119 Å². The average molecular weight is 256 g/mol. The van der Waals surface area contributed by atoms with E-state index in [1.54, 1.807) is 0 Å². The highest BCUT2D eigenvalue weighted by Gasteiger charge is 2.11. The summed E-state index contributed by atoms with van der Waals surface area (Å²) in [4.78, 5) is 0. The van der Waals surface area contributed by atoms with E-state index in [0.29, 0.717) is 0 Å². The summed E-state index contributed by atoms with van der Waals surface area (Å²) in [5, 5.41) is 5.42. The predicted octanol–water partition coefficient (Wildman–Crippen LogP) is 5.73. The van der Waals surface area contributed by atoms with E-state index in [0.717, 1.165) is 6.42 Å². The first kappa shape index (κ1) is 11.5. The van der Waals surface area contributed by atoms with Gasteiger partial charge in [0.1, 0.15) is 0 Å². The molecule has 0 amide bonds. The third kappa shape index (κ3) is 1.61. The first-order valence-electron chi connectivity index (χ1n) is 7.13. The van der Waals surface area contributed by atoms with E-state index < -0.39 is 0 Å². The fourth-order valence-corrected chi connectivity index (χ4v) is 3.17. The van der Waals surface area contributed by atoms with Crippen molar-refractivity contribution >= 4 is 33.7 Å². The SMILES string of the molecule is Cc1ccc2c3c(c4ccccc4c2c1)C=CCC=C3. The number of rotatable bonds is 0. The fraction of sp³-hybridized carbons (Fsp3) is 0.100. The Hall–Kier alpha value is -2.34. The van der Waals surface area contributed by atoms with Gasteiger partial charge in [0.25, 0.3) is 0 Å². The number of fused-ring (bicyclic) bond motifs is 6. The van der Waals surface area contributed by atoms with Crippen LogP contribution in [0.25, 0.3) is 33.7 Å². The topological polar surface area (TPSA) is 0 Å². The third-order valence-electron chi connectivity index (χ3n) is 4.10. The first-order chi connectivity index (χ1) is 9.84. The van der Waals surface area contributed by atoms with Gasteiger partial charge >= 0.3 is 0 Å². The van der Waals surface area contributed by atoms with Crippen molar-refractivity contribution in [3.8, 4) is 0 Å². The molecule has 0 radical (unpaired) electrons. The molecule has 0 aromatic heterocycles. The second-order valence-electron chi connectivity index (χ2n) is 5.46. The molecule has 20 heavy (non-hydrogen) atoms. The van der Waals surface area contributed by atoms with Gasteiger partial charge in [-0.25, -0.2) is 0 Å². The van der Waals surface area contributed by atoms with E-state index in [1.165, 1.54) is 38.2 Å². The van der Waals surface area contributed by atoms with Crippen molar-refractivity contribution in [3.05, 3.63) is 71.3 Å². The molecular formula is C20H16. The molecule has 0 saturated carbocycles. The van der Waals surface area contributed by atoms with Crippen LogP contribution in [0.4, 0.5) is 0 Å². The van der Waals surface area contributed by atoms with Crippen LogP contribution < -0.4 is 0 Å². The van der Waals surface area contributed by atoms with Crippen LogP contribution in [0.2, 0.25) is 0 Å². The van der Waals surface area contributed by atoms with Crippen molar-refractivity contribution in [1.29, 1.82) is 0 Å². The summed E-state index contributed by atoms with van der Waals surface area (Å²) in [5.41, 5.74) is 4.02. The normalized spacial score (nSPS) is 13.7. The van der Waals surface area contributed by atoms with Gasteiger partial charge in [-0.1, -0.05) is 72.3 Å². The highest BCUT2D eigenvalue weighted by Crippen LogP contribution is 2.36. The third-order valence-corrected chi connectivity index (χ3v) is 4.10. The molecule has 3 aromatic carbocycles. The van der Waals surface area contributed by atoms with E-state index in [9.17, 15) is 0 Å². The van der Waals surface area contributed by atoms with Crippen molar-refractivity contribution in [2.75, 3.05) is 0 Å². The zero-order chi connectivity index (χ0) is 13.5. The lowest BCUT2D eigenvalue weighted by atomic mass is 9.91. The maximum absolute atomic E-state index is 2.31. The van der Waals surface area contributed by atoms with Crippen LogP contribution in [0, 0.1) is 6.92 Å². The lowest BCUT2D eigenvalue weighted by Crippen LogP contribution is -1.89.